The molecule has 0 aliphatic carbocycles. The minimum absolute atomic E-state index is 0.0247. The van der Waals surface area contributed by atoms with E-state index < -0.39 is 44.8 Å². The maximum atomic E-state index is 14.2. The molecule has 2 aromatic carbocycles. The Morgan fingerprint density at radius 1 is 1.18 bits per heavy atom. The predicted octanol–water partition coefficient (Wildman–Crippen LogP) is 3.20. The predicted molar refractivity (Wildman–Crippen MR) is 118 cm³/mol. The molecule has 1 unspecified atom stereocenters. The highest BCUT2D eigenvalue weighted by molar-refractivity contribution is 7.89. The molecule has 9 nitrogen and oxygen atoms in total. The van der Waals surface area contributed by atoms with Crippen LogP contribution in [0.2, 0.25) is 0 Å². The number of anilines is 1. The molecule has 11 heteroatoms. The molecule has 2 heterocycles. The van der Waals surface area contributed by atoms with Crippen molar-refractivity contribution in [1.82, 2.24) is 9.46 Å². The molecule has 0 bridgehead atoms. The van der Waals surface area contributed by atoms with Gasteiger partial charge in [-0.1, -0.05) is 47.6 Å². The quantitative estimate of drug-likeness (QED) is 0.509. The first kappa shape index (κ1) is 23.6. The van der Waals surface area contributed by atoms with E-state index in [1.54, 1.807) is 37.3 Å². The first-order valence-corrected chi connectivity index (χ1v) is 12.0. The molecule has 1 aliphatic heterocycles. The van der Waals surface area contributed by atoms with E-state index in [4.69, 9.17) is 9.26 Å². The van der Waals surface area contributed by atoms with Crippen LogP contribution < -0.4 is 5.32 Å². The van der Waals surface area contributed by atoms with Crippen molar-refractivity contribution in [3.63, 3.8) is 0 Å². The Balaban J connectivity index is 1.58. The molecular formula is C23H22FN3O6S. The first-order valence-electron chi connectivity index (χ1n) is 10.5. The number of aromatic nitrogens is 1. The zero-order valence-electron chi connectivity index (χ0n) is 18.2. The molecule has 178 valence electrons. The van der Waals surface area contributed by atoms with E-state index in [1.165, 1.54) is 18.2 Å². The Hall–Kier alpha value is -3.57. The van der Waals surface area contributed by atoms with E-state index in [0.29, 0.717) is 17.7 Å². The minimum atomic E-state index is -4.30. The van der Waals surface area contributed by atoms with Crippen LogP contribution in [0.1, 0.15) is 30.3 Å². The lowest BCUT2D eigenvalue weighted by Crippen LogP contribution is -2.42. The van der Waals surface area contributed by atoms with Gasteiger partial charge in [0.25, 0.3) is 5.91 Å². The third kappa shape index (κ3) is 4.85. The van der Waals surface area contributed by atoms with Crippen molar-refractivity contribution >= 4 is 27.7 Å². The fourth-order valence-electron chi connectivity index (χ4n) is 3.76. The van der Waals surface area contributed by atoms with Gasteiger partial charge in [-0.15, -0.1) is 0 Å². The number of nitrogens with one attached hydrogen (secondary N) is 1. The molecule has 0 saturated carbocycles. The number of sulfonamides is 1. The van der Waals surface area contributed by atoms with Crippen molar-refractivity contribution in [2.45, 2.75) is 36.8 Å². The average Bonchev–Trinajstić information content (AvgIpc) is 3.47. The average molecular weight is 488 g/mol. The second kappa shape index (κ2) is 9.74. The number of carbonyl (C=O) groups excluding carboxylic acids is 2. The van der Waals surface area contributed by atoms with Crippen LogP contribution in [0.25, 0.3) is 0 Å². The van der Waals surface area contributed by atoms with Crippen LogP contribution in [-0.4, -0.2) is 42.3 Å². The molecule has 1 amide bonds. The summed E-state index contributed by atoms with van der Waals surface area (Å²) in [7, 11) is -4.30. The summed E-state index contributed by atoms with van der Waals surface area (Å²) in [6.07, 6.45) is -0.809. The molecule has 1 N–H and O–H groups in total. The summed E-state index contributed by atoms with van der Waals surface area (Å²) in [6, 6.07) is 13.6. The van der Waals surface area contributed by atoms with Crippen LogP contribution in [0.5, 0.6) is 0 Å². The van der Waals surface area contributed by atoms with Crippen LogP contribution >= 0.6 is 0 Å². The van der Waals surface area contributed by atoms with Gasteiger partial charge in [-0.2, -0.15) is 4.31 Å². The summed E-state index contributed by atoms with van der Waals surface area (Å²) in [4.78, 5) is 25.6. The van der Waals surface area contributed by atoms with Crippen molar-refractivity contribution in [1.29, 1.82) is 0 Å². The second-order valence-corrected chi connectivity index (χ2v) is 9.60. The molecule has 2 atom stereocenters. The number of nitrogens with zero attached hydrogens (tertiary/aromatic N) is 2. The summed E-state index contributed by atoms with van der Waals surface area (Å²) in [5, 5.41) is 6.23. The molecule has 4 rings (SSSR count). The van der Waals surface area contributed by atoms with E-state index in [0.717, 1.165) is 16.4 Å². The molecule has 1 aromatic heterocycles. The molecule has 1 fully saturated rings. The van der Waals surface area contributed by atoms with Gasteiger partial charge >= 0.3 is 5.97 Å². The van der Waals surface area contributed by atoms with Crippen molar-refractivity contribution in [3.05, 3.63) is 77.8 Å². The standard InChI is InChI=1S/C23H22FN3O6S/c1-15-14-20(26-33-15)25-22(28)21(16-8-3-2-4-9-16)32-23(29)18-11-7-13-27(18)34(30,31)19-12-6-5-10-17(19)24/h2-6,8-10,12,14,18,21H,7,11,13H2,1H3,(H,25,26,28)/t18-,21?/m0/s1. The first-order chi connectivity index (χ1) is 16.3. The number of halogens is 1. The van der Waals surface area contributed by atoms with E-state index in [-0.39, 0.29) is 18.8 Å². The SMILES string of the molecule is Cc1cc(NC(=O)C(OC(=O)[C@@H]2CCCN2S(=O)(=O)c2ccccc2F)c2ccccc2)no1. The molecule has 3 aromatic rings. The van der Waals surface area contributed by atoms with Gasteiger partial charge < -0.3 is 14.6 Å². The number of ether oxygens (including phenoxy) is 1. The van der Waals surface area contributed by atoms with Crippen LogP contribution in [-0.2, 0) is 24.3 Å². The minimum Gasteiger partial charge on any atom is -0.446 e. The van der Waals surface area contributed by atoms with Gasteiger partial charge in [-0.25, -0.2) is 12.8 Å². The summed E-state index contributed by atoms with van der Waals surface area (Å²) in [5.41, 5.74) is 0.384. The number of aryl methyl sites for hydroxylation is 1. The molecule has 0 spiro atoms. The Labute approximate surface area is 195 Å². The number of carbonyl (C=O) groups is 2. The maximum absolute atomic E-state index is 14.2. The fraction of sp³-hybridized carbons (Fsp3) is 0.261. The Morgan fingerprint density at radius 3 is 2.56 bits per heavy atom. The van der Waals surface area contributed by atoms with E-state index in [9.17, 15) is 22.4 Å². The molecule has 34 heavy (non-hydrogen) atoms. The number of rotatable bonds is 7. The van der Waals surface area contributed by atoms with E-state index in [2.05, 4.69) is 10.5 Å². The zero-order valence-corrected chi connectivity index (χ0v) is 19.0. The van der Waals surface area contributed by atoms with Crippen LogP contribution in [0.3, 0.4) is 0 Å². The number of benzene rings is 2. The molecule has 0 radical (unpaired) electrons. The van der Waals surface area contributed by atoms with Crippen molar-refractivity contribution < 1.29 is 31.7 Å². The van der Waals surface area contributed by atoms with Gasteiger partial charge in [-0.05, 0) is 31.9 Å². The highest BCUT2D eigenvalue weighted by Gasteiger charge is 2.42. The van der Waals surface area contributed by atoms with Crippen LogP contribution in [0, 0.1) is 12.7 Å². The Bertz CT molecular complexity index is 1290. The topological polar surface area (TPSA) is 119 Å². The van der Waals surface area contributed by atoms with Crippen LogP contribution in [0.4, 0.5) is 10.2 Å². The largest absolute Gasteiger partial charge is 0.446 e. The van der Waals surface area contributed by atoms with E-state index >= 15 is 0 Å². The Morgan fingerprint density at radius 2 is 1.88 bits per heavy atom. The van der Waals surface area contributed by atoms with Crippen molar-refractivity contribution in [3.8, 4) is 0 Å². The third-order valence-electron chi connectivity index (χ3n) is 5.35. The van der Waals surface area contributed by atoms with Crippen molar-refractivity contribution in [2.75, 3.05) is 11.9 Å². The highest BCUT2D eigenvalue weighted by atomic mass is 32.2. The smallest absolute Gasteiger partial charge is 0.325 e. The second-order valence-electron chi connectivity index (χ2n) is 7.74. The molecule has 1 saturated heterocycles. The summed E-state index contributed by atoms with van der Waals surface area (Å²) < 4.78 is 51.8. The summed E-state index contributed by atoms with van der Waals surface area (Å²) in [5.74, 6) is -1.88. The maximum Gasteiger partial charge on any atom is 0.325 e. The lowest BCUT2D eigenvalue weighted by atomic mass is 10.1. The molecular weight excluding hydrogens is 465 g/mol. The van der Waals surface area contributed by atoms with Gasteiger partial charge in [0.05, 0.1) is 0 Å². The van der Waals surface area contributed by atoms with Crippen molar-refractivity contribution in [2.24, 2.45) is 0 Å². The van der Waals surface area contributed by atoms with Gasteiger partial charge in [0.15, 0.2) is 5.82 Å². The lowest BCUT2D eigenvalue weighted by molar-refractivity contribution is -0.158. The van der Waals surface area contributed by atoms with Gasteiger partial charge in [0.1, 0.15) is 22.5 Å². The normalized spacial score (nSPS) is 17.3. The molecule has 1 aliphatic rings. The number of hydrogen-bond donors (Lipinski definition) is 1. The van der Waals surface area contributed by atoms with Gasteiger partial charge in [-0.3, -0.25) is 9.59 Å². The van der Waals surface area contributed by atoms with Gasteiger partial charge in [0.2, 0.25) is 16.1 Å². The van der Waals surface area contributed by atoms with Gasteiger partial charge in [0, 0.05) is 18.2 Å². The number of hydrogen-bond acceptors (Lipinski definition) is 7. The Kier molecular flexibility index (Phi) is 6.75. The number of amides is 1. The van der Waals surface area contributed by atoms with E-state index in [1.807, 2.05) is 0 Å². The summed E-state index contributed by atoms with van der Waals surface area (Å²) in [6.45, 7) is 1.68. The fourth-order valence-corrected chi connectivity index (χ4v) is 5.47. The third-order valence-corrected chi connectivity index (χ3v) is 7.29. The van der Waals surface area contributed by atoms with Crippen LogP contribution in [0.15, 0.2) is 70.1 Å². The monoisotopic (exact) mass is 487 g/mol. The highest BCUT2D eigenvalue weighted by Crippen LogP contribution is 2.30. The zero-order chi connectivity index (χ0) is 24.3. The number of esters is 1. The summed E-state index contributed by atoms with van der Waals surface area (Å²) >= 11 is 0. The lowest BCUT2D eigenvalue weighted by Gasteiger charge is -2.25.